The number of hydrogen-bond donors (Lipinski definition) is 1. The molecule has 0 radical (unpaired) electrons. The molecule has 1 aromatic rings. The van der Waals surface area contributed by atoms with Gasteiger partial charge in [-0.15, -0.1) is 0 Å². The molecule has 106 valence electrons. The Bertz CT molecular complexity index is 450. The Labute approximate surface area is 119 Å². The number of rotatable bonds is 5. The van der Waals surface area contributed by atoms with Gasteiger partial charge in [-0.3, -0.25) is 9.48 Å². The van der Waals surface area contributed by atoms with Crippen LogP contribution in [0.3, 0.4) is 0 Å². The summed E-state index contributed by atoms with van der Waals surface area (Å²) in [5, 5.41) is 8.44. The maximum atomic E-state index is 12.4. The lowest BCUT2D eigenvalue weighted by atomic mass is 9.91. The largest absolute Gasteiger partial charge is 0.317 e. The summed E-state index contributed by atoms with van der Waals surface area (Å²) in [4.78, 5) is 12.4. The van der Waals surface area contributed by atoms with Gasteiger partial charge in [-0.05, 0) is 39.3 Å². The van der Waals surface area contributed by atoms with Crippen LogP contribution in [0, 0.1) is 5.92 Å². The first-order valence-electron chi connectivity index (χ1n) is 7.14. The lowest BCUT2D eigenvalue weighted by Gasteiger charge is -2.21. The minimum atomic E-state index is 0.183. The molecule has 5 heteroatoms. The zero-order valence-corrected chi connectivity index (χ0v) is 12.5. The summed E-state index contributed by atoms with van der Waals surface area (Å²) < 4.78 is 1.88. The fourth-order valence-corrected chi connectivity index (χ4v) is 2.98. The fraction of sp³-hybridized carbons (Fsp3) is 0.714. The van der Waals surface area contributed by atoms with E-state index in [0.717, 1.165) is 50.3 Å². The first-order valence-corrected chi connectivity index (χ1v) is 7.52. The lowest BCUT2D eigenvalue weighted by Crippen LogP contribution is -2.32. The number of carbonyl (C=O) groups excluding carboxylic acids is 1. The van der Waals surface area contributed by atoms with Crippen LogP contribution in [-0.2, 0) is 24.2 Å². The molecule has 0 spiro atoms. The predicted molar refractivity (Wildman–Crippen MR) is 76.6 cm³/mol. The van der Waals surface area contributed by atoms with Gasteiger partial charge in [-0.25, -0.2) is 0 Å². The van der Waals surface area contributed by atoms with E-state index in [-0.39, 0.29) is 5.92 Å². The topological polar surface area (TPSA) is 46.9 Å². The van der Waals surface area contributed by atoms with Gasteiger partial charge in [-0.1, -0.05) is 18.5 Å². The number of nitrogens with one attached hydrogen (secondary N) is 1. The van der Waals surface area contributed by atoms with Crippen LogP contribution in [-0.4, -0.2) is 28.7 Å². The monoisotopic (exact) mass is 283 g/mol. The molecule has 0 saturated carbocycles. The molecule has 0 aromatic carbocycles. The predicted octanol–water partition coefficient (Wildman–Crippen LogP) is 2.23. The highest BCUT2D eigenvalue weighted by Crippen LogP contribution is 2.24. The van der Waals surface area contributed by atoms with Crippen LogP contribution in [0.1, 0.15) is 38.1 Å². The molecule has 1 aliphatic heterocycles. The molecule has 0 atom stereocenters. The summed E-state index contributed by atoms with van der Waals surface area (Å²) >= 11 is 6.34. The summed E-state index contributed by atoms with van der Waals surface area (Å²) in [6, 6.07) is 0. The lowest BCUT2D eigenvalue weighted by molar-refractivity contribution is -0.123. The Morgan fingerprint density at radius 2 is 2.11 bits per heavy atom. The van der Waals surface area contributed by atoms with Crippen LogP contribution in [0.25, 0.3) is 0 Å². The van der Waals surface area contributed by atoms with Gasteiger partial charge in [0.2, 0.25) is 0 Å². The van der Waals surface area contributed by atoms with E-state index in [0.29, 0.717) is 17.2 Å². The van der Waals surface area contributed by atoms with Crippen LogP contribution >= 0.6 is 11.6 Å². The highest BCUT2D eigenvalue weighted by atomic mass is 35.5. The van der Waals surface area contributed by atoms with Crippen molar-refractivity contribution >= 4 is 17.4 Å². The van der Waals surface area contributed by atoms with Gasteiger partial charge in [0.1, 0.15) is 5.78 Å². The third kappa shape index (κ3) is 3.18. The van der Waals surface area contributed by atoms with E-state index in [1.54, 1.807) is 0 Å². The average Bonchev–Trinajstić information content (AvgIpc) is 2.76. The van der Waals surface area contributed by atoms with Crippen molar-refractivity contribution in [2.75, 3.05) is 13.1 Å². The van der Waals surface area contributed by atoms with Crippen LogP contribution in [0.15, 0.2) is 0 Å². The number of aryl methyl sites for hydroxylation is 2. The molecular weight excluding hydrogens is 262 g/mol. The van der Waals surface area contributed by atoms with Crippen molar-refractivity contribution in [1.82, 2.24) is 15.1 Å². The number of carbonyl (C=O) groups is 1. The number of nitrogens with zero attached hydrogens (tertiary/aromatic N) is 2. The molecule has 1 aliphatic rings. The first-order chi connectivity index (χ1) is 9.17. The second kappa shape index (κ2) is 6.53. The van der Waals surface area contributed by atoms with Crippen molar-refractivity contribution < 1.29 is 4.79 Å². The van der Waals surface area contributed by atoms with Crippen molar-refractivity contribution in [3.8, 4) is 0 Å². The summed E-state index contributed by atoms with van der Waals surface area (Å²) in [7, 11) is 0. The van der Waals surface area contributed by atoms with E-state index in [2.05, 4.69) is 10.4 Å². The normalized spacial score (nSPS) is 16.8. The quantitative estimate of drug-likeness (QED) is 0.901. The minimum absolute atomic E-state index is 0.183. The Hall–Kier alpha value is -0.870. The summed E-state index contributed by atoms with van der Waals surface area (Å²) in [6.45, 7) is 6.71. The average molecular weight is 284 g/mol. The molecule has 4 nitrogen and oxygen atoms in total. The number of halogens is 1. The SMILES string of the molecule is CCc1nn(CC)c(CC(=O)C2CCNCC2)c1Cl. The van der Waals surface area contributed by atoms with Gasteiger partial charge >= 0.3 is 0 Å². The fourth-order valence-electron chi connectivity index (χ4n) is 2.64. The number of Topliss-reactive ketones (excluding diaryl/α,β-unsaturated/α-hetero) is 1. The molecule has 0 bridgehead atoms. The third-order valence-electron chi connectivity index (χ3n) is 3.83. The molecule has 1 saturated heterocycles. The smallest absolute Gasteiger partial charge is 0.142 e. The maximum Gasteiger partial charge on any atom is 0.142 e. The molecule has 1 aromatic heterocycles. The maximum absolute atomic E-state index is 12.4. The van der Waals surface area contributed by atoms with E-state index in [1.165, 1.54) is 0 Å². The minimum Gasteiger partial charge on any atom is -0.317 e. The highest BCUT2D eigenvalue weighted by Gasteiger charge is 2.24. The second-order valence-electron chi connectivity index (χ2n) is 5.04. The first kappa shape index (κ1) is 14.5. The van der Waals surface area contributed by atoms with Gasteiger partial charge in [0, 0.05) is 12.5 Å². The Morgan fingerprint density at radius 3 is 2.68 bits per heavy atom. The molecular formula is C14H22ClN3O. The van der Waals surface area contributed by atoms with Crippen LogP contribution in [0.5, 0.6) is 0 Å². The van der Waals surface area contributed by atoms with Crippen LogP contribution in [0.2, 0.25) is 5.02 Å². The number of ketones is 1. The molecule has 1 fully saturated rings. The molecule has 1 N–H and O–H groups in total. The summed E-state index contributed by atoms with van der Waals surface area (Å²) in [5.41, 5.74) is 1.79. The van der Waals surface area contributed by atoms with E-state index < -0.39 is 0 Å². The Kier molecular flexibility index (Phi) is 4.99. The van der Waals surface area contributed by atoms with Gasteiger partial charge in [0.25, 0.3) is 0 Å². The highest BCUT2D eigenvalue weighted by molar-refractivity contribution is 6.32. The number of hydrogen-bond acceptors (Lipinski definition) is 3. The van der Waals surface area contributed by atoms with Crippen molar-refractivity contribution in [1.29, 1.82) is 0 Å². The molecule has 2 rings (SSSR count). The number of aromatic nitrogens is 2. The van der Waals surface area contributed by atoms with Gasteiger partial charge < -0.3 is 5.32 Å². The molecule has 19 heavy (non-hydrogen) atoms. The van der Waals surface area contributed by atoms with E-state index in [9.17, 15) is 4.79 Å². The van der Waals surface area contributed by atoms with Crippen LogP contribution < -0.4 is 5.32 Å². The van der Waals surface area contributed by atoms with Crippen molar-refractivity contribution in [3.63, 3.8) is 0 Å². The molecule has 0 unspecified atom stereocenters. The van der Waals surface area contributed by atoms with Crippen molar-refractivity contribution in [2.45, 2.75) is 46.1 Å². The number of piperidine rings is 1. The molecule has 0 aliphatic carbocycles. The van der Waals surface area contributed by atoms with E-state index >= 15 is 0 Å². The van der Waals surface area contributed by atoms with E-state index in [1.807, 2.05) is 18.5 Å². The van der Waals surface area contributed by atoms with Crippen molar-refractivity contribution in [3.05, 3.63) is 16.4 Å². The molecule has 2 heterocycles. The van der Waals surface area contributed by atoms with Crippen LogP contribution in [0.4, 0.5) is 0 Å². The summed E-state index contributed by atoms with van der Waals surface area (Å²) in [6.07, 6.45) is 3.11. The zero-order valence-electron chi connectivity index (χ0n) is 11.7. The van der Waals surface area contributed by atoms with Gasteiger partial charge in [0.05, 0.1) is 22.8 Å². The van der Waals surface area contributed by atoms with E-state index in [4.69, 9.17) is 11.6 Å². The Morgan fingerprint density at radius 1 is 1.42 bits per heavy atom. The Balaban J connectivity index is 2.13. The summed E-state index contributed by atoms with van der Waals surface area (Å²) in [5.74, 6) is 0.489. The zero-order chi connectivity index (χ0) is 13.8. The second-order valence-corrected chi connectivity index (χ2v) is 5.42. The van der Waals surface area contributed by atoms with Crippen molar-refractivity contribution in [2.24, 2.45) is 5.92 Å². The molecule has 0 amide bonds. The van der Waals surface area contributed by atoms with Gasteiger partial charge in [-0.2, -0.15) is 5.10 Å². The standard InChI is InChI=1S/C14H22ClN3O/c1-3-11-14(15)12(18(4-2)17-11)9-13(19)10-5-7-16-8-6-10/h10,16H,3-9H2,1-2H3. The third-order valence-corrected chi connectivity index (χ3v) is 4.27. The van der Waals surface area contributed by atoms with Gasteiger partial charge in [0.15, 0.2) is 0 Å².